The van der Waals surface area contributed by atoms with E-state index in [2.05, 4.69) is 17.3 Å². The zero-order valence-electron chi connectivity index (χ0n) is 7.17. The minimum Gasteiger partial charge on any atom is -0.383 e. The van der Waals surface area contributed by atoms with Crippen LogP contribution in [0, 0.1) is 0 Å². The molecule has 0 unspecified atom stereocenters. The van der Waals surface area contributed by atoms with Gasteiger partial charge in [0.05, 0.1) is 6.61 Å². The van der Waals surface area contributed by atoms with Gasteiger partial charge in [-0.1, -0.05) is 0 Å². The first-order valence-corrected chi connectivity index (χ1v) is 3.74. The highest BCUT2D eigenvalue weighted by Crippen LogP contribution is 2.00. The summed E-state index contributed by atoms with van der Waals surface area (Å²) in [6.45, 7) is 4.16. The number of likely N-dealkylation sites (N-methyl/N-ethyl adjacent to an activating group) is 1. The van der Waals surface area contributed by atoms with Crippen molar-refractivity contribution in [3.8, 4) is 0 Å². The van der Waals surface area contributed by atoms with Gasteiger partial charge in [-0.2, -0.15) is 0 Å². The lowest BCUT2D eigenvalue weighted by Crippen LogP contribution is -2.56. The number of nitrogens with zero attached hydrogens (tertiary/aromatic N) is 1. The maximum Gasteiger partial charge on any atom is 0.0589 e. The van der Waals surface area contributed by atoms with Crippen molar-refractivity contribution in [2.75, 3.05) is 40.4 Å². The zero-order valence-corrected chi connectivity index (χ0v) is 7.99. The SMILES string of the molecule is COCCN(C)C1CNC1.Cl. The van der Waals surface area contributed by atoms with E-state index in [0.717, 1.165) is 32.3 Å². The molecule has 68 valence electrons. The molecule has 4 heteroatoms. The summed E-state index contributed by atoms with van der Waals surface area (Å²) >= 11 is 0. The van der Waals surface area contributed by atoms with Crippen molar-refractivity contribution in [3.63, 3.8) is 0 Å². The fourth-order valence-electron chi connectivity index (χ4n) is 1.00. The Morgan fingerprint density at radius 1 is 1.55 bits per heavy atom. The van der Waals surface area contributed by atoms with Crippen molar-refractivity contribution in [2.24, 2.45) is 0 Å². The van der Waals surface area contributed by atoms with Gasteiger partial charge in [-0.15, -0.1) is 12.4 Å². The van der Waals surface area contributed by atoms with E-state index in [1.54, 1.807) is 7.11 Å². The van der Waals surface area contributed by atoms with Gasteiger partial charge in [-0.05, 0) is 7.05 Å². The molecule has 0 spiro atoms. The summed E-state index contributed by atoms with van der Waals surface area (Å²) in [6.07, 6.45) is 0. The third kappa shape index (κ3) is 3.38. The summed E-state index contributed by atoms with van der Waals surface area (Å²) in [5.74, 6) is 0. The smallest absolute Gasteiger partial charge is 0.0589 e. The van der Waals surface area contributed by atoms with E-state index in [1.807, 2.05) is 0 Å². The Hall–Kier alpha value is 0.170. The Morgan fingerprint density at radius 3 is 2.55 bits per heavy atom. The van der Waals surface area contributed by atoms with Gasteiger partial charge < -0.3 is 10.1 Å². The lowest BCUT2D eigenvalue weighted by atomic mass is 10.1. The number of methoxy groups -OCH3 is 1. The molecule has 0 saturated carbocycles. The number of hydrogen-bond donors (Lipinski definition) is 1. The van der Waals surface area contributed by atoms with E-state index >= 15 is 0 Å². The molecule has 0 atom stereocenters. The van der Waals surface area contributed by atoms with Crippen LogP contribution in [-0.4, -0.2) is 51.3 Å². The molecule has 1 heterocycles. The van der Waals surface area contributed by atoms with E-state index < -0.39 is 0 Å². The van der Waals surface area contributed by atoms with E-state index in [-0.39, 0.29) is 12.4 Å². The highest BCUT2D eigenvalue weighted by Gasteiger charge is 2.20. The van der Waals surface area contributed by atoms with Crippen LogP contribution >= 0.6 is 12.4 Å². The number of halogens is 1. The number of hydrogen-bond acceptors (Lipinski definition) is 3. The van der Waals surface area contributed by atoms with Gasteiger partial charge in [0, 0.05) is 32.8 Å². The first-order valence-electron chi connectivity index (χ1n) is 3.74. The monoisotopic (exact) mass is 180 g/mol. The molecule has 1 aliphatic heterocycles. The molecule has 3 nitrogen and oxygen atoms in total. The molecule has 1 saturated heterocycles. The number of nitrogens with one attached hydrogen (secondary N) is 1. The van der Waals surface area contributed by atoms with E-state index in [0.29, 0.717) is 0 Å². The van der Waals surface area contributed by atoms with Gasteiger partial charge in [-0.25, -0.2) is 0 Å². The average molecular weight is 181 g/mol. The molecular weight excluding hydrogens is 164 g/mol. The zero-order chi connectivity index (χ0) is 7.40. The topological polar surface area (TPSA) is 24.5 Å². The number of ether oxygens (including phenoxy) is 1. The molecule has 0 aromatic heterocycles. The maximum atomic E-state index is 4.97. The standard InChI is InChI=1S/C7H16N2O.ClH/c1-9(3-4-10-2)7-5-8-6-7;/h7-8H,3-6H2,1-2H3;1H. The van der Waals surface area contributed by atoms with Crippen LogP contribution in [0.25, 0.3) is 0 Å². The van der Waals surface area contributed by atoms with Crippen LogP contribution in [-0.2, 0) is 4.74 Å². The number of rotatable bonds is 4. The molecule has 1 fully saturated rings. The molecule has 0 bridgehead atoms. The molecule has 0 aromatic rings. The second kappa shape index (κ2) is 5.77. The van der Waals surface area contributed by atoms with Gasteiger partial charge >= 0.3 is 0 Å². The fourth-order valence-corrected chi connectivity index (χ4v) is 1.00. The van der Waals surface area contributed by atoms with Gasteiger partial charge in [0.1, 0.15) is 0 Å². The summed E-state index contributed by atoms with van der Waals surface area (Å²) < 4.78 is 4.97. The van der Waals surface area contributed by atoms with E-state index in [4.69, 9.17) is 4.74 Å². The molecule has 0 amide bonds. The summed E-state index contributed by atoms with van der Waals surface area (Å²) in [7, 11) is 3.89. The molecule has 0 radical (unpaired) electrons. The second-order valence-electron chi connectivity index (χ2n) is 2.79. The van der Waals surface area contributed by atoms with Crippen molar-refractivity contribution in [3.05, 3.63) is 0 Å². The van der Waals surface area contributed by atoms with Crippen LogP contribution in [0.15, 0.2) is 0 Å². The third-order valence-electron chi connectivity index (χ3n) is 2.03. The largest absolute Gasteiger partial charge is 0.383 e. The first kappa shape index (κ1) is 11.2. The summed E-state index contributed by atoms with van der Waals surface area (Å²) in [5.41, 5.74) is 0. The third-order valence-corrected chi connectivity index (χ3v) is 2.03. The normalized spacial score (nSPS) is 17.7. The van der Waals surface area contributed by atoms with Crippen LogP contribution in [0.1, 0.15) is 0 Å². The van der Waals surface area contributed by atoms with Crippen molar-refractivity contribution in [1.82, 2.24) is 10.2 Å². The highest BCUT2D eigenvalue weighted by molar-refractivity contribution is 5.85. The summed E-state index contributed by atoms with van der Waals surface area (Å²) in [6, 6.07) is 0.746. The van der Waals surface area contributed by atoms with Gasteiger partial charge in [0.2, 0.25) is 0 Å². The van der Waals surface area contributed by atoms with Gasteiger partial charge in [-0.3, -0.25) is 4.90 Å². The van der Waals surface area contributed by atoms with Crippen LogP contribution in [0.5, 0.6) is 0 Å². The van der Waals surface area contributed by atoms with Crippen LogP contribution in [0.3, 0.4) is 0 Å². The lowest BCUT2D eigenvalue weighted by molar-refractivity contribution is 0.117. The molecule has 1 rings (SSSR count). The fraction of sp³-hybridized carbons (Fsp3) is 1.00. The Balaban J connectivity index is 0.000001000. The van der Waals surface area contributed by atoms with Crippen molar-refractivity contribution >= 4 is 12.4 Å². The van der Waals surface area contributed by atoms with Crippen molar-refractivity contribution in [2.45, 2.75) is 6.04 Å². The molecule has 11 heavy (non-hydrogen) atoms. The highest BCUT2D eigenvalue weighted by atomic mass is 35.5. The van der Waals surface area contributed by atoms with E-state index in [9.17, 15) is 0 Å². The summed E-state index contributed by atoms with van der Waals surface area (Å²) in [4.78, 5) is 2.33. The van der Waals surface area contributed by atoms with Crippen molar-refractivity contribution < 1.29 is 4.74 Å². The minimum absolute atomic E-state index is 0. The lowest BCUT2D eigenvalue weighted by Gasteiger charge is -2.35. The van der Waals surface area contributed by atoms with Crippen LogP contribution < -0.4 is 5.32 Å². The maximum absolute atomic E-state index is 4.97. The predicted octanol–water partition coefficient (Wildman–Crippen LogP) is -0.0418. The van der Waals surface area contributed by atoms with Gasteiger partial charge in [0.25, 0.3) is 0 Å². The molecule has 0 aliphatic carbocycles. The Kier molecular flexibility index (Phi) is 5.86. The van der Waals surface area contributed by atoms with Gasteiger partial charge in [0.15, 0.2) is 0 Å². The second-order valence-corrected chi connectivity index (χ2v) is 2.79. The van der Waals surface area contributed by atoms with Crippen molar-refractivity contribution in [1.29, 1.82) is 0 Å². The molecule has 1 aliphatic rings. The van der Waals surface area contributed by atoms with E-state index in [1.165, 1.54) is 0 Å². The predicted molar refractivity (Wildman–Crippen MR) is 48.4 cm³/mol. The Labute approximate surface area is 74.5 Å². The molecule has 1 N–H and O–H groups in total. The Bertz CT molecular complexity index is 98.4. The Morgan fingerprint density at radius 2 is 2.18 bits per heavy atom. The summed E-state index contributed by atoms with van der Waals surface area (Å²) in [5, 5.41) is 3.24. The first-order chi connectivity index (χ1) is 4.84. The van der Waals surface area contributed by atoms with Crippen LogP contribution in [0.4, 0.5) is 0 Å². The quantitative estimate of drug-likeness (QED) is 0.657. The molecular formula is C7H17ClN2O. The average Bonchev–Trinajstić information content (AvgIpc) is 1.79. The van der Waals surface area contributed by atoms with Crippen LogP contribution in [0.2, 0.25) is 0 Å². The molecule has 0 aromatic carbocycles. The minimum atomic E-state index is 0.